The number of halogens is 1. The quantitative estimate of drug-likeness (QED) is 0.910. The van der Waals surface area contributed by atoms with Gasteiger partial charge in [0.1, 0.15) is 15.4 Å². The molecule has 1 aromatic heterocycles. The number of thiazole rings is 1. The summed E-state index contributed by atoms with van der Waals surface area (Å²) < 4.78 is 0.610. The molecule has 1 atom stereocenters. The lowest BCUT2D eigenvalue weighted by Crippen LogP contribution is -2.02. The van der Waals surface area contributed by atoms with Gasteiger partial charge in [0.15, 0.2) is 0 Å². The van der Waals surface area contributed by atoms with Gasteiger partial charge < -0.3 is 5.11 Å². The smallest absolute Gasteiger partial charge is 0.123 e. The normalized spacial score (nSPS) is 12.7. The van der Waals surface area contributed by atoms with Gasteiger partial charge in [0.25, 0.3) is 0 Å². The standard InChI is InChI=1S/C12H12ClNOS/c1-8-4-2-3-5-9(8)6-10(15)12-14-7-11(13)16-12/h2-5,7,10,15H,6H2,1H3. The maximum absolute atomic E-state index is 10.0. The first-order valence-corrected chi connectivity index (χ1v) is 6.20. The van der Waals surface area contributed by atoms with Gasteiger partial charge in [0, 0.05) is 6.42 Å². The average molecular weight is 254 g/mol. The van der Waals surface area contributed by atoms with Gasteiger partial charge in [0.05, 0.1) is 6.20 Å². The monoisotopic (exact) mass is 253 g/mol. The van der Waals surface area contributed by atoms with Gasteiger partial charge in [-0.25, -0.2) is 4.98 Å². The number of hydrogen-bond donors (Lipinski definition) is 1. The lowest BCUT2D eigenvalue weighted by molar-refractivity contribution is 0.178. The summed E-state index contributed by atoms with van der Waals surface area (Å²) in [6.45, 7) is 2.04. The van der Waals surface area contributed by atoms with Gasteiger partial charge in [-0.2, -0.15) is 0 Å². The van der Waals surface area contributed by atoms with Gasteiger partial charge in [0.2, 0.25) is 0 Å². The van der Waals surface area contributed by atoms with E-state index in [0.29, 0.717) is 15.8 Å². The molecule has 0 fully saturated rings. The third kappa shape index (κ3) is 2.61. The van der Waals surface area contributed by atoms with Crippen molar-refractivity contribution in [1.29, 1.82) is 0 Å². The first kappa shape index (κ1) is 11.6. The summed E-state index contributed by atoms with van der Waals surface area (Å²) in [5.74, 6) is 0. The summed E-state index contributed by atoms with van der Waals surface area (Å²) >= 11 is 7.11. The van der Waals surface area contributed by atoms with E-state index in [1.807, 2.05) is 31.2 Å². The molecule has 0 saturated carbocycles. The molecule has 0 radical (unpaired) electrons. The number of rotatable bonds is 3. The van der Waals surface area contributed by atoms with E-state index in [0.717, 1.165) is 5.56 Å². The topological polar surface area (TPSA) is 33.1 Å². The predicted octanol–water partition coefficient (Wildman–Crippen LogP) is 3.38. The second-order valence-electron chi connectivity index (χ2n) is 3.65. The zero-order chi connectivity index (χ0) is 11.5. The van der Waals surface area contributed by atoms with Crippen LogP contribution in [0.4, 0.5) is 0 Å². The Balaban J connectivity index is 2.13. The van der Waals surface area contributed by atoms with Crippen molar-refractivity contribution in [3.63, 3.8) is 0 Å². The molecule has 1 heterocycles. The fourth-order valence-electron chi connectivity index (χ4n) is 1.56. The Morgan fingerprint density at radius 1 is 1.44 bits per heavy atom. The lowest BCUT2D eigenvalue weighted by atomic mass is 10.0. The first-order valence-electron chi connectivity index (χ1n) is 5.00. The van der Waals surface area contributed by atoms with Crippen LogP contribution in [0.25, 0.3) is 0 Å². The molecule has 4 heteroatoms. The molecule has 0 amide bonds. The number of hydrogen-bond acceptors (Lipinski definition) is 3. The SMILES string of the molecule is Cc1ccccc1CC(O)c1ncc(Cl)s1. The summed E-state index contributed by atoms with van der Waals surface area (Å²) in [6.07, 6.45) is 1.58. The van der Waals surface area contributed by atoms with E-state index >= 15 is 0 Å². The molecule has 2 nitrogen and oxygen atoms in total. The molecule has 1 unspecified atom stereocenters. The Labute approximate surface area is 104 Å². The van der Waals surface area contributed by atoms with Gasteiger partial charge in [-0.3, -0.25) is 0 Å². The van der Waals surface area contributed by atoms with Gasteiger partial charge in [-0.1, -0.05) is 35.9 Å². The number of nitrogens with zero attached hydrogens (tertiary/aromatic N) is 1. The minimum atomic E-state index is -0.571. The van der Waals surface area contributed by atoms with Gasteiger partial charge in [-0.15, -0.1) is 11.3 Å². The minimum Gasteiger partial charge on any atom is -0.386 e. The van der Waals surface area contributed by atoms with Crippen LogP contribution in [0.3, 0.4) is 0 Å². The maximum Gasteiger partial charge on any atom is 0.123 e. The molecule has 0 saturated heterocycles. The van der Waals surface area contributed by atoms with Crippen molar-refractivity contribution < 1.29 is 5.11 Å². The summed E-state index contributed by atoms with van der Waals surface area (Å²) in [6, 6.07) is 8.03. The molecular formula is C12H12ClNOS. The molecule has 2 aromatic rings. The fraction of sp³-hybridized carbons (Fsp3) is 0.250. The highest BCUT2D eigenvalue weighted by Gasteiger charge is 2.13. The van der Waals surface area contributed by atoms with Crippen LogP contribution in [0.15, 0.2) is 30.5 Å². The van der Waals surface area contributed by atoms with E-state index < -0.39 is 6.10 Å². The molecule has 0 aliphatic carbocycles. The zero-order valence-electron chi connectivity index (χ0n) is 8.85. The second-order valence-corrected chi connectivity index (χ2v) is 5.34. The Morgan fingerprint density at radius 2 is 2.19 bits per heavy atom. The van der Waals surface area contributed by atoms with Crippen LogP contribution in [0.1, 0.15) is 22.2 Å². The Kier molecular flexibility index (Phi) is 3.59. The van der Waals surface area contributed by atoms with Gasteiger partial charge >= 0.3 is 0 Å². The van der Waals surface area contributed by atoms with Crippen molar-refractivity contribution in [2.75, 3.05) is 0 Å². The molecule has 0 aliphatic heterocycles. The van der Waals surface area contributed by atoms with E-state index in [1.54, 1.807) is 6.20 Å². The number of aryl methyl sites for hydroxylation is 1. The first-order chi connectivity index (χ1) is 7.66. The molecular weight excluding hydrogens is 242 g/mol. The highest BCUT2D eigenvalue weighted by molar-refractivity contribution is 7.15. The highest BCUT2D eigenvalue weighted by Crippen LogP contribution is 2.26. The van der Waals surface area contributed by atoms with Crippen LogP contribution in [0, 0.1) is 6.92 Å². The molecule has 1 aromatic carbocycles. The fourth-order valence-corrected chi connectivity index (χ4v) is 2.47. The third-order valence-corrected chi connectivity index (χ3v) is 3.67. The Hall–Kier alpha value is -0.900. The predicted molar refractivity (Wildman–Crippen MR) is 67.0 cm³/mol. The molecule has 84 valence electrons. The molecule has 0 aliphatic rings. The summed E-state index contributed by atoms with van der Waals surface area (Å²) in [4.78, 5) is 4.08. The number of aliphatic hydroxyl groups is 1. The van der Waals surface area contributed by atoms with Crippen molar-refractivity contribution in [1.82, 2.24) is 4.98 Å². The van der Waals surface area contributed by atoms with Crippen LogP contribution in [0.5, 0.6) is 0 Å². The zero-order valence-corrected chi connectivity index (χ0v) is 10.4. The van der Waals surface area contributed by atoms with E-state index in [4.69, 9.17) is 11.6 Å². The van der Waals surface area contributed by atoms with Crippen molar-refractivity contribution in [2.45, 2.75) is 19.4 Å². The Bertz CT molecular complexity index is 483. The van der Waals surface area contributed by atoms with Crippen LogP contribution < -0.4 is 0 Å². The van der Waals surface area contributed by atoms with Crippen LogP contribution in [-0.2, 0) is 6.42 Å². The van der Waals surface area contributed by atoms with Crippen molar-refractivity contribution >= 4 is 22.9 Å². The number of benzene rings is 1. The largest absolute Gasteiger partial charge is 0.386 e. The maximum atomic E-state index is 10.0. The average Bonchev–Trinajstić information content (AvgIpc) is 2.68. The molecule has 0 bridgehead atoms. The highest BCUT2D eigenvalue weighted by atomic mass is 35.5. The van der Waals surface area contributed by atoms with E-state index in [2.05, 4.69) is 4.98 Å². The van der Waals surface area contributed by atoms with Gasteiger partial charge in [-0.05, 0) is 18.1 Å². The van der Waals surface area contributed by atoms with Crippen LogP contribution >= 0.6 is 22.9 Å². The summed E-state index contributed by atoms with van der Waals surface area (Å²) in [7, 11) is 0. The van der Waals surface area contributed by atoms with E-state index in [1.165, 1.54) is 16.9 Å². The lowest BCUT2D eigenvalue weighted by Gasteiger charge is -2.09. The minimum absolute atomic E-state index is 0.571. The van der Waals surface area contributed by atoms with Crippen molar-refractivity contribution in [3.05, 3.63) is 50.9 Å². The van der Waals surface area contributed by atoms with Crippen LogP contribution in [-0.4, -0.2) is 10.1 Å². The third-order valence-electron chi connectivity index (χ3n) is 2.45. The molecule has 0 spiro atoms. The second kappa shape index (κ2) is 4.95. The van der Waals surface area contributed by atoms with E-state index in [9.17, 15) is 5.11 Å². The van der Waals surface area contributed by atoms with Crippen molar-refractivity contribution in [3.8, 4) is 0 Å². The number of aromatic nitrogens is 1. The molecule has 16 heavy (non-hydrogen) atoms. The Morgan fingerprint density at radius 3 is 2.81 bits per heavy atom. The van der Waals surface area contributed by atoms with Crippen LogP contribution in [0.2, 0.25) is 4.34 Å². The summed E-state index contributed by atoms with van der Waals surface area (Å²) in [5, 5.41) is 10.7. The van der Waals surface area contributed by atoms with E-state index in [-0.39, 0.29) is 0 Å². The van der Waals surface area contributed by atoms with Crippen molar-refractivity contribution in [2.24, 2.45) is 0 Å². The summed E-state index contributed by atoms with van der Waals surface area (Å²) in [5.41, 5.74) is 2.32. The molecule has 2 rings (SSSR count). The molecule has 1 N–H and O–H groups in total. The number of aliphatic hydroxyl groups excluding tert-OH is 1.